The van der Waals surface area contributed by atoms with Crippen LogP contribution in [0.2, 0.25) is 0 Å². The average molecular weight is 564 g/mol. The molecule has 2 aliphatic heterocycles. The van der Waals surface area contributed by atoms with Gasteiger partial charge in [0.2, 0.25) is 0 Å². The van der Waals surface area contributed by atoms with Gasteiger partial charge in [0.1, 0.15) is 23.9 Å². The number of pyridine rings is 1. The van der Waals surface area contributed by atoms with E-state index in [4.69, 9.17) is 4.74 Å². The second-order valence-corrected chi connectivity index (χ2v) is 10.8. The topological polar surface area (TPSA) is 80.6 Å². The van der Waals surface area contributed by atoms with Gasteiger partial charge in [-0.1, -0.05) is 48.5 Å². The second-order valence-electron chi connectivity index (χ2n) is 10.8. The molecule has 0 saturated carbocycles. The van der Waals surface area contributed by atoms with Gasteiger partial charge in [-0.2, -0.15) is 0 Å². The van der Waals surface area contributed by atoms with Crippen LogP contribution in [-0.2, 0) is 17.9 Å². The van der Waals surface area contributed by atoms with E-state index in [-0.39, 0.29) is 34.6 Å². The normalized spacial score (nSPS) is 17.7. The van der Waals surface area contributed by atoms with Gasteiger partial charge in [0.15, 0.2) is 0 Å². The van der Waals surface area contributed by atoms with Crippen LogP contribution in [-0.4, -0.2) is 34.4 Å². The van der Waals surface area contributed by atoms with Gasteiger partial charge >= 0.3 is 0 Å². The highest BCUT2D eigenvalue weighted by molar-refractivity contribution is 6.05. The number of nitrogens with one attached hydrogen (secondary N) is 1. The van der Waals surface area contributed by atoms with Gasteiger partial charge in [0.05, 0.1) is 0 Å². The Morgan fingerprint density at radius 3 is 2.40 bits per heavy atom. The Morgan fingerprint density at radius 2 is 1.64 bits per heavy atom. The molecule has 212 valence electrons. The third-order valence-corrected chi connectivity index (χ3v) is 7.79. The monoisotopic (exact) mass is 563 g/mol. The molecule has 1 N–H and O–H groups in total. The maximum Gasteiger partial charge on any atom is 0.270 e. The Morgan fingerprint density at radius 1 is 0.881 bits per heavy atom. The molecule has 0 spiro atoms. The summed E-state index contributed by atoms with van der Waals surface area (Å²) in [7, 11) is 0. The number of rotatable bonds is 7. The van der Waals surface area contributed by atoms with E-state index in [1.807, 2.05) is 65.2 Å². The molecule has 1 aromatic heterocycles. The fourth-order valence-corrected chi connectivity index (χ4v) is 5.75. The van der Waals surface area contributed by atoms with Crippen molar-refractivity contribution in [1.82, 2.24) is 14.8 Å². The fourth-order valence-electron chi connectivity index (χ4n) is 5.75. The van der Waals surface area contributed by atoms with Crippen LogP contribution >= 0.6 is 0 Å². The SMILES string of the molecule is O=C(N/C(=C\c1ccc(OCc2ccccc2)cc1)C(=O)N1CC2CC(C1)c1cccc(=O)n1C2)c1ccc(F)cc1. The number of fused-ring (bicyclic) bond motifs is 4. The summed E-state index contributed by atoms with van der Waals surface area (Å²) in [6.45, 7) is 1.90. The van der Waals surface area contributed by atoms with Crippen LogP contribution in [0.25, 0.3) is 6.08 Å². The molecule has 2 atom stereocenters. The molecule has 2 unspecified atom stereocenters. The van der Waals surface area contributed by atoms with Crippen molar-refractivity contribution in [2.24, 2.45) is 5.92 Å². The molecule has 6 rings (SSSR count). The van der Waals surface area contributed by atoms with Crippen LogP contribution in [0.4, 0.5) is 4.39 Å². The van der Waals surface area contributed by atoms with Crippen LogP contribution < -0.4 is 15.6 Å². The number of likely N-dealkylation sites (tertiary alicyclic amines) is 1. The first kappa shape index (κ1) is 27.2. The Labute approximate surface area is 242 Å². The summed E-state index contributed by atoms with van der Waals surface area (Å²) in [5, 5.41) is 2.78. The summed E-state index contributed by atoms with van der Waals surface area (Å²) in [5.74, 6) is -0.423. The number of benzene rings is 3. The molecule has 4 aromatic rings. The number of carbonyl (C=O) groups excluding carboxylic acids is 2. The summed E-state index contributed by atoms with van der Waals surface area (Å²) in [4.78, 5) is 41.2. The summed E-state index contributed by atoms with van der Waals surface area (Å²) >= 11 is 0. The van der Waals surface area contributed by atoms with E-state index >= 15 is 0 Å². The maximum absolute atomic E-state index is 13.9. The zero-order chi connectivity index (χ0) is 29.1. The van der Waals surface area contributed by atoms with Gasteiger partial charge in [0.25, 0.3) is 17.4 Å². The van der Waals surface area contributed by atoms with Gasteiger partial charge in [0, 0.05) is 42.9 Å². The lowest BCUT2D eigenvalue weighted by Crippen LogP contribution is -2.50. The number of halogens is 1. The Bertz CT molecular complexity index is 1680. The van der Waals surface area contributed by atoms with Crippen molar-refractivity contribution in [3.05, 3.63) is 141 Å². The molecular weight excluding hydrogens is 533 g/mol. The first-order chi connectivity index (χ1) is 20.4. The van der Waals surface area contributed by atoms with E-state index in [0.717, 1.165) is 17.7 Å². The van der Waals surface area contributed by atoms with Crippen molar-refractivity contribution in [1.29, 1.82) is 0 Å². The molecule has 8 heteroatoms. The summed E-state index contributed by atoms with van der Waals surface area (Å²) in [6, 6.07) is 27.6. The summed E-state index contributed by atoms with van der Waals surface area (Å²) < 4.78 is 21.2. The number of aromatic nitrogens is 1. The predicted molar refractivity (Wildman–Crippen MR) is 157 cm³/mol. The molecule has 2 bridgehead atoms. The van der Waals surface area contributed by atoms with E-state index in [0.29, 0.717) is 37.6 Å². The van der Waals surface area contributed by atoms with E-state index < -0.39 is 11.7 Å². The molecule has 3 heterocycles. The highest BCUT2D eigenvalue weighted by atomic mass is 19.1. The average Bonchev–Trinajstić information content (AvgIpc) is 3.01. The van der Waals surface area contributed by atoms with Crippen molar-refractivity contribution < 1.29 is 18.7 Å². The number of piperidine rings is 1. The minimum atomic E-state index is -0.508. The molecular formula is C34H30FN3O4. The van der Waals surface area contributed by atoms with Crippen molar-refractivity contribution in [2.45, 2.75) is 25.5 Å². The summed E-state index contributed by atoms with van der Waals surface area (Å²) in [6.07, 6.45) is 2.55. The predicted octanol–water partition coefficient (Wildman–Crippen LogP) is 4.98. The number of hydrogen-bond acceptors (Lipinski definition) is 4. The number of ether oxygens (including phenoxy) is 1. The highest BCUT2D eigenvalue weighted by Gasteiger charge is 2.37. The van der Waals surface area contributed by atoms with Crippen LogP contribution in [0.3, 0.4) is 0 Å². The van der Waals surface area contributed by atoms with Gasteiger partial charge < -0.3 is 19.5 Å². The van der Waals surface area contributed by atoms with Crippen LogP contribution in [0.15, 0.2) is 108 Å². The van der Waals surface area contributed by atoms with E-state index in [2.05, 4.69) is 5.32 Å². The zero-order valence-electron chi connectivity index (χ0n) is 22.9. The van der Waals surface area contributed by atoms with Crippen LogP contribution in [0.5, 0.6) is 5.75 Å². The van der Waals surface area contributed by atoms with Crippen molar-refractivity contribution >= 4 is 17.9 Å². The standard InChI is InChI=1S/C34H30FN3O4/c35-28-13-11-26(12-14-28)33(40)36-30(18-23-9-15-29(16-10-23)42-22-24-5-2-1-3-6-24)34(41)37-19-25-17-27(21-37)31-7-4-8-32(39)38(31)20-25/h1-16,18,25,27H,17,19-22H2,(H,36,40)/b30-18-. The van der Waals surface area contributed by atoms with Crippen molar-refractivity contribution in [2.75, 3.05) is 13.1 Å². The summed E-state index contributed by atoms with van der Waals surface area (Å²) in [5.41, 5.74) is 3.03. The minimum absolute atomic E-state index is 0.0229. The van der Waals surface area contributed by atoms with E-state index in [1.165, 1.54) is 24.3 Å². The lowest BCUT2D eigenvalue weighted by atomic mass is 9.83. The molecule has 2 amide bonds. The quantitative estimate of drug-likeness (QED) is 0.322. The number of hydrogen-bond donors (Lipinski definition) is 1. The maximum atomic E-state index is 13.9. The second kappa shape index (κ2) is 11.9. The number of amides is 2. The Balaban J connectivity index is 1.24. The number of nitrogens with zero attached hydrogens (tertiary/aromatic N) is 2. The first-order valence-electron chi connectivity index (χ1n) is 14.0. The molecule has 1 fully saturated rings. The van der Waals surface area contributed by atoms with Gasteiger partial charge in [-0.05, 0) is 72.0 Å². The van der Waals surface area contributed by atoms with Crippen molar-refractivity contribution in [3.63, 3.8) is 0 Å². The Kier molecular flexibility index (Phi) is 7.68. The number of carbonyl (C=O) groups is 2. The lowest BCUT2D eigenvalue weighted by molar-refractivity contribution is -0.130. The zero-order valence-corrected chi connectivity index (χ0v) is 22.9. The first-order valence-corrected chi connectivity index (χ1v) is 14.0. The third-order valence-electron chi connectivity index (χ3n) is 7.79. The van der Waals surface area contributed by atoms with Gasteiger partial charge in [-0.25, -0.2) is 4.39 Å². The van der Waals surface area contributed by atoms with Crippen LogP contribution in [0, 0.1) is 11.7 Å². The molecule has 0 radical (unpaired) electrons. The molecule has 2 aliphatic rings. The molecule has 3 aromatic carbocycles. The molecule has 1 saturated heterocycles. The lowest BCUT2D eigenvalue weighted by Gasteiger charge is -2.43. The Hall–Kier alpha value is -4.98. The van der Waals surface area contributed by atoms with Crippen molar-refractivity contribution in [3.8, 4) is 5.75 Å². The minimum Gasteiger partial charge on any atom is -0.489 e. The molecule has 7 nitrogen and oxygen atoms in total. The molecule has 0 aliphatic carbocycles. The van der Waals surface area contributed by atoms with Crippen LogP contribution in [0.1, 0.15) is 39.5 Å². The van der Waals surface area contributed by atoms with Gasteiger partial charge in [-0.3, -0.25) is 14.4 Å². The smallest absolute Gasteiger partial charge is 0.270 e. The van der Waals surface area contributed by atoms with E-state index in [9.17, 15) is 18.8 Å². The van der Waals surface area contributed by atoms with Gasteiger partial charge in [-0.15, -0.1) is 0 Å². The van der Waals surface area contributed by atoms with E-state index in [1.54, 1.807) is 23.1 Å². The highest BCUT2D eigenvalue weighted by Crippen LogP contribution is 2.35. The largest absolute Gasteiger partial charge is 0.489 e. The fraction of sp³-hybridized carbons (Fsp3) is 0.206. The third kappa shape index (κ3) is 6.02. The molecule has 42 heavy (non-hydrogen) atoms.